The first-order valence-corrected chi connectivity index (χ1v) is 7.13. The minimum Gasteiger partial charge on any atom is -0.385 e. The smallest absolute Gasteiger partial charge is 0.202 e. The summed E-state index contributed by atoms with van der Waals surface area (Å²) in [7, 11) is 1.75. The third kappa shape index (κ3) is 2.39. The van der Waals surface area contributed by atoms with Crippen LogP contribution in [0.15, 0.2) is 12.4 Å². The number of nitrogens with zero attached hydrogens (tertiary/aromatic N) is 2. The molecule has 3 unspecified atom stereocenters. The van der Waals surface area contributed by atoms with E-state index in [2.05, 4.69) is 21.1 Å². The molecular formula is C14H23N3O. The molecule has 1 N–H and O–H groups in total. The average Bonchev–Trinajstić information content (AvgIpc) is 3.07. The Labute approximate surface area is 109 Å². The van der Waals surface area contributed by atoms with Crippen LogP contribution in [0, 0.1) is 11.8 Å². The van der Waals surface area contributed by atoms with Gasteiger partial charge in [-0.1, -0.05) is 6.42 Å². The Hall–Kier alpha value is -1.03. The van der Waals surface area contributed by atoms with Crippen LogP contribution in [-0.4, -0.2) is 29.3 Å². The lowest BCUT2D eigenvalue weighted by atomic mass is 9.95. The second kappa shape index (κ2) is 5.31. The molecule has 1 aromatic heterocycles. The zero-order valence-electron chi connectivity index (χ0n) is 11.1. The highest BCUT2D eigenvalue weighted by Gasteiger charge is 2.39. The molecule has 2 aliphatic rings. The van der Waals surface area contributed by atoms with E-state index in [-0.39, 0.29) is 0 Å². The standard InChI is InChI=1S/C14H23N3O/c1-18-8-2-6-17-7-5-15-14(17)16-13-10-11-3-4-12(13)9-11/h5,7,11-13H,2-4,6,8-10H2,1H3,(H,15,16). The highest BCUT2D eigenvalue weighted by molar-refractivity contribution is 5.29. The largest absolute Gasteiger partial charge is 0.385 e. The van der Waals surface area contributed by atoms with Gasteiger partial charge in [0.2, 0.25) is 5.95 Å². The lowest BCUT2D eigenvalue weighted by molar-refractivity contribution is 0.190. The zero-order chi connectivity index (χ0) is 12.4. The number of nitrogens with one attached hydrogen (secondary N) is 1. The van der Waals surface area contributed by atoms with Gasteiger partial charge in [0.15, 0.2) is 0 Å². The average molecular weight is 249 g/mol. The summed E-state index contributed by atoms with van der Waals surface area (Å²) >= 11 is 0. The molecule has 0 aliphatic heterocycles. The molecule has 2 fully saturated rings. The number of ether oxygens (including phenoxy) is 1. The molecule has 4 heteroatoms. The maximum absolute atomic E-state index is 5.10. The predicted octanol–water partition coefficient (Wildman–Crippen LogP) is 2.52. The fraction of sp³-hybridized carbons (Fsp3) is 0.786. The van der Waals surface area contributed by atoms with Gasteiger partial charge in [0, 0.05) is 38.7 Å². The molecule has 1 aromatic rings. The van der Waals surface area contributed by atoms with Gasteiger partial charge in [-0.2, -0.15) is 0 Å². The van der Waals surface area contributed by atoms with Crippen LogP contribution in [0.5, 0.6) is 0 Å². The number of fused-ring (bicyclic) bond motifs is 2. The Bertz CT molecular complexity index is 390. The predicted molar refractivity (Wildman–Crippen MR) is 71.6 cm³/mol. The van der Waals surface area contributed by atoms with Gasteiger partial charge in [-0.05, 0) is 37.5 Å². The highest BCUT2D eigenvalue weighted by Crippen LogP contribution is 2.45. The summed E-state index contributed by atoms with van der Waals surface area (Å²) in [4.78, 5) is 4.45. The van der Waals surface area contributed by atoms with Crippen LogP contribution in [0.3, 0.4) is 0 Å². The minimum absolute atomic E-state index is 0.660. The van der Waals surface area contributed by atoms with E-state index in [1.807, 2.05) is 6.20 Å². The van der Waals surface area contributed by atoms with Crippen molar-refractivity contribution in [1.29, 1.82) is 0 Å². The summed E-state index contributed by atoms with van der Waals surface area (Å²) in [5.74, 6) is 2.91. The van der Waals surface area contributed by atoms with Gasteiger partial charge in [0.25, 0.3) is 0 Å². The third-order valence-electron chi connectivity index (χ3n) is 4.52. The van der Waals surface area contributed by atoms with E-state index < -0.39 is 0 Å². The van der Waals surface area contributed by atoms with Gasteiger partial charge in [0.1, 0.15) is 0 Å². The quantitative estimate of drug-likeness (QED) is 0.787. The number of rotatable bonds is 6. The van der Waals surface area contributed by atoms with Crippen LogP contribution in [-0.2, 0) is 11.3 Å². The molecule has 3 atom stereocenters. The molecular weight excluding hydrogens is 226 g/mol. The van der Waals surface area contributed by atoms with E-state index in [0.717, 1.165) is 37.4 Å². The number of hydrogen-bond acceptors (Lipinski definition) is 3. The summed E-state index contributed by atoms with van der Waals surface area (Å²) in [6.07, 6.45) is 10.6. The fourth-order valence-electron chi connectivity index (χ4n) is 3.60. The molecule has 18 heavy (non-hydrogen) atoms. The van der Waals surface area contributed by atoms with Crippen molar-refractivity contribution in [3.05, 3.63) is 12.4 Å². The Morgan fingerprint density at radius 1 is 1.44 bits per heavy atom. The summed E-state index contributed by atoms with van der Waals surface area (Å²) < 4.78 is 7.31. The molecule has 0 saturated heterocycles. The first kappa shape index (κ1) is 12.0. The van der Waals surface area contributed by atoms with E-state index in [1.54, 1.807) is 7.11 Å². The lowest BCUT2D eigenvalue weighted by Crippen LogP contribution is -2.27. The number of aryl methyl sites for hydroxylation is 1. The second-order valence-corrected chi connectivity index (χ2v) is 5.72. The molecule has 0 aromatic carbocycles. The molecule has 2 bridgehead atoms. The van der Waals surface area contributed by atoms with Crippen molar-refractivity contribution < 1.29 is 4.74 Å². The van der Waals surface area contributed by atoms with E-state index in [1.165, 1.54) is 25.7 Å². The van der Waals surface area contributed by atoms with Gasteiger partial charge >= 0.3 is 0 Å². The Balaban J connectivity index is 1.57. The van der Waals surface area contributed by atoms with E-state index >= 15 is 0 Å². The first-order chi connectivity index (χ1) is 8.86. The molecule has 0 spiro atoms. The molecule has 0 radical (unpaired) electrons. The van der Waals surface area contributed by atoms with Crippen LogP contribution in [0.4, 0.5) is 5.95 Å². The van der Waals surface area contributed by atoms with Crippen LogP contribution in [0.25, 0.3) is 0 Å². The summed E-state index contributed by atoms with van der Waals surface area (Å²) in [6.45, 7) is 1.79. The number of anilines is 1. The molecule has 1 heterocycles. The van der Waals surface area contributed by atoms with Crippen molar-refractivity contribution in [2.45, 2.75) is 44.7 Å². The molecule has 100 valence electrons. The van der Waals surface area contributed by atoms with Crippen molar-refractivity contribution in [2.24, 2.45) is 11.8 Å². The van der Waals surface area contributed by atoms with Gasteiger partial charge in [0.05, 0.1) is 0 Å². The molecule has 2 saturated carbocycles. The molecule has 3 rings (SSSR count). The van der Waals surface area contributed by atoms with Crippen molar-refractivity contribution in [1.82, 2.24) is 9.55 Å². The summed E-state index contributed by atoms with van der Waals surface area (Å²) in [5, 5.41) is 3.66. The number of imidazole rings is 1. The Morgan fingerprint density at radius 2 is 2.39 bits per heavy atom. The highest BCUT2D eigenvalue weighted by atomic mass is 16.5. The van der Waals surface area contributed by atoms with Gasteiger partial charge in [-0.25, -0.2) is 4.98 Å². The molecule has 2 aliphatic carbocycles. The van der Waals surface area contributed by atoms with Crippen molar-refractivity contribution in [3.8, 4) is 0 Å². The van der Waals surface area contributed by atoms with Crippen molar-refractivity contribution >= 4 is 5.95 Å². The van der Waals surface area contributed by atoms with E-state index in [4.69, 9.17) is 4.74 Å². The first-order valence-electron chi connectivity index (χ1n) is 7.13. The Morgan fingerprint density at radius 3 is 3.11 bits per heavy atom. The van der Waals surface area contributed by atoms with Crippen LogP contribution in [0.2, 0.25) is 0 Å². The second-order valence-electron chi connectivity index (χ2n) is 5.72. The SMILES string of the molecule is COCCCn1ccnc1NC1CC2CCC1C2. The fourth-order valence-corrected chi connectivity index (χ4v) is 3.60. The zero-order valence-corrected chi connectivity index (χ0v) is 11.1. The minimum atomic E-state index is 0.660. The maximum atomic E-state index is 5.10. The summed E-state index contributed by atoms with van der Waals surface area (Å²) in [6, 6.07) is 0.660. The van der Waals surface area contributed by atoms with Gasteiger partial charge in [-0.3, -0.25) is 0 Å². The molecule has 4 nitrogen and oxygen atoms in total. The third-order valence-corrected chi connectivity index (χ3v) is 4.52. The summed E-state index contributed by atoms with van der Waals surface area (Å²) in [5.41, 5.74) is 0. The van der Waals surface area contributed by atoms with Gasteiger partial charge in [-0.15, -0.1) is 0 Å². The van der Waals surface area contributed by atoms with Crippen LogP contribution < -0.4 is 5.32 Å². The van der Waals surface area contributed by atoms with Gasteiger partial charge < -0.3 is 14.6 Å². The van der Waals surface area contributed by atoms with Crippen LogP contribution in [0.1, 0.15) is 32.1 Å². The van der Waals surface area contributed by atoms with E-state index in [0.29, 0.717) is 6.04 Å². The number of aromatic nitrogens is 2. The number of hydrogen-bond donors (Lipinski definition) is 1. The normalized spacial score (nSPS) is 29.9. The van der Waals surface area contributed by atoms with Crippen molar-refractivity contribution in [3.63, 3.8) is 0 Å². The van der Waals surface area contributed by atoms with Crippen molar-refractivity contribution in [2.75, 3.05) is 19.0 Å². The monoisotopic (exact) mass is 249 g/mol. The topological polar surface area (TPSA) is 39.1 Å². The van der Waals surface area contributed by atoms with Crippen LogP contribution >= 0.6 is 0 Å². The maximum Gasteiger partial charge on any atom is 0.202 e. The Kier molecular flexibility index (Phi) is 3.55. The lowest BCUT2D eigenvalue weighted by Gasteiger charge is -2.23. The molecule has 0 amide bonds. The number of methoxy groups -OCH3 is 1. The van der Waals surface area contributed by atoms with E-state index in [9.17, 15) is 0 Å².